The number of aromatic nitrogens is 5. The Morgan fingerprint density at radius 3 is 2.95 bits per heavy atom. The third kappa shape index (κ3) is 2.38. The molecule has 0 aliphatic heterocycles. The summed E-state index contributed by atoms with van der Waals surface area (Å²) in [7, 11) is 0. The molecule has 0 aliphatic carbocycles. The van der Waals surface area contributed by atoms with Crippen LogP contribution in [0.1, 0.15) is 24.6 Å². The van der Waals surface area contributed by atoms with E-state index < -0.39 is 6.10 Å². The van der Waals surface area contributed by atoms with Crippen LogP contribution in [0.4, 0.5) is 0 Å². The van der Waals surface area contributed by atoms with Gasteiger partial charge in [0, 0.05) is 0 Å². The minimum atomic E-state index is -0.657. The van der Waals surface area contributed by atoms with Gasteiger partial charge in [-0.25, -0.2) is 4.68 Å². The molecule has 0 aromatic carbocycles. The van der Waals surface area contributed by atoms with Crippen molar-refractivity contribution in [3.05, 3.63) is 36.2 Å². The summed E-state index contributed by atoms with van der Waals surface area (Å²) in [5.74, 6) is 1.21. The van der Waals surface area contributed by atoms with Crippen LogP contribution in [0.3, 0.4) is 0 Å². The first-order chi connectivity index (χ1) is 9.22. The normalized spacial score (nSPS) is 12.7. The van der Waals surface area contributed by atoms with Gasteiger partial charge in [0.25, 0.3) is 5.89 Å². The second kappa shape index (κ2) is 4.65. The van der Waals surface area contributed by atoms with Crippen molar-refractivity contribution in [2.24, 2.45) is 0 Å². The van der Waals surface area contributed by atoms with E-state index in [0.717, 1.165) is 0 Å². The van der Waals surface area contributed by atoms with E-state index in [1.807, 2.05) is 0 Å². The molecule has 8 heteroatoms. The Morgan fingerprint density at radius 1 is 1.37 bits per heavy atom. The average Bonchev–Trinajstić information content (AvgIpc) is 3.09. The van der Waals surface area contributed by atoms with Crippen molar-refractivity contribution in [2.45, 2.75) is 19.6 Å². The molecule has 0 saturated heterocycles. The molecule has 0 fully saturated rings. The molecule has 98 valence electrons. The van der Waals surface area contributed by atoms with Crippen molar-refractivity contribution in [3.8, 4) is 11.7 Å². The molecule has 3 aromatic rings. The highest BCUT2D eigenvalue weighted by Crippen LogP contribution is 2.18. The van der Waals surface area contributed by atoms with Crippen LogP contribution in [0, 0.1) is 0 Å². The van der Waals surface area contributed by atoms with E-state index in [1.165, 1.54) is 10.9 Å². The monoisotopic (exact) mass is 261 g/mol. The van der Waals surface area contributed by atoms with Crippen molar-refractivity contribution in [3.63, 3.8) is 0 Å². The Labute approximate surface area is 107 Å². The van der Waals surface area contributed by atoms with Crippen molar-refractivity contribution in [2.75, 3.05) is 0 Å². The average molecular weight is 261 g/mol. The van der Waals surface area contributed by atoms with Crippen LogP contribution < -0.4 is 0 Å². The summed E-state index contributed by atoms with van der Waals surface area (Å²) in [6.45, 7) is 1.91. The fraction of sp³-hybridized carbons (Fsp3) is 0.273. The number of hydrogen-bond donors (Lipinski definition) is 1. The van der Waals surface area contributed by atoms with Crippen molar-refractivity contribution in [1.29, 1.82) is 0 Å². The van der Waals surface area contributed by atoms with Crippen LogP contribution in [0.2, 0.25) is 0 Å². The molecule has 0 spiro atoms. The van der Waals surface area contributed by atoms with Crippen LogP contribution in [0.25, 0.3) is 11.7 Å². The lowest BCUT2D eigenvalue weighted by atomic mass is 10.3. The predicted molar refractivity (Wildman–Crippen MR) is 61.8 cm³/mol. The Hall–Kier alpha value is -2.48. The zero-order valence-electron chi connectivity index (χ0n) is 10.1. The van der Waals surface area contributed by atoms with Gasteiger partial charge < -0.3 is 13.9 Å². The number of nitrogens with zero attached hydrogens (tertiary/aromatic N) is 5. The highest BCUT2D eigenvalue weighted by molar-refractivity contribution is 5.42. The molecule has 1 atom stereocenters. The summed E-state index contributed by atoms with van der Waals surface area (Å²) >= 11 is 0. The van der Waals surface area contributed by atoms with Crippen molar-refractivity contribution in [1.82, 2.24) is 25.2 Å². The fourth-order valence-electron chi connectivity index (χ4n) is 1.54. The number of rotatable bonds is 4. The third-order valence-corrected chi connectivity index (χ3v) is 2.48. The molecular weight excluding hydrogens is 250 g/mol. The van der Waals surface area contributed by atoms with E-state index in [4.69, 9.17) is 8.83 Å². The molecule has 0 aliphatic rings. The second-order valence-electron chi connectivity index (χ2n) is 4.00. The van der Waals surface area contributed by atoms with E-state index in [9.17, 15) is 5.11 Å². The van der Waals surface area contributed by atoms with Gasteiger partial charge in [-0.05, 0) is 19.1 Å². The summed E-state index contributed by atoms with van der Waals surface area (Å²) in [5, 5.41) is 24.8. The zero-order valence-corrected chi connectivity index (χ0v) is 10.1. The van der Waals surface area contributed by atoms with Gasteiger partial charge in [-0.1, -0.05) is 5.21 Å². The van der Waals surface area contributed by atoms with Gasteiger partial charge in [0.1, 0.15) is 12.2 Å². The quantitative estimate of drug-likeness (QED) is 0.747. The van der Waals surface area contributed by atoms with Gasteiger partial charge in [-0.3, -0.25) is 0 Å². The van der Waals surface area contributed by atoms with E-state index in [0.29, 0.717) is 23.2 Å². The second-order valence-corrected chi connectivity index (χ2v) is 4.00. The molecule has 19 heavy (non-hydrogen) atoms. The first-order valence-electron chi connectivity index (χ1n) is 5.67. The number of aliphatic hydroxyl groups is 1. The number of furan rings is 1. The Kier molecular flexibility index (Phi) is 2.84. The highest BCUT2D eigenvalue weighted by atomic mass is 16.4. The zero-order chi connectivity index (χ0) is 13.2. The molecule has 0 amide bonds. The minimum absolute atomic E-state index is 0.285. The van der Waals surface area contributed by atoms with Crippen LogP contribution in [-0.4, -0.2) is 30.3 Å². The highest BCUT2D eigenvalue weighted by Gasteiger charge is 2.12. The molecule has 1 unspecified atom stereocenters. The first-order valence-corrected chi connectivity index (χ1v) is 5.67. The van der Waals surface area contributed by atoms with Gasteiger partial charge >= 0.3 is 0 Å². The lowest BCUT2D eigenvalue weighted by molar-refractivity contribution is 0.194. The lowest BCUT2D eigenvalue weighted by Gasteiger charge is -1.95. The van der Waals surface area contributed by atoms with Crippen LogP contribution >= 0.6 is 0 Å². The maximum Gasteiger partial charge on any atom is 0.283 e. The van der Waals surface area contributed by atoms with Crippen LogP contribution in [0.15, 0.2) is 33.4 Å². The molecular formula is C11H11N5O3. The van der Waals surface area contributed by atoms with E-state index >= 15 is 0 Å². The summed E-state index contributed by atoms with van der Waals surface area (Å²) in [5.41, 5.74) is 0.491. The first kappa shape index (κ1) is 11.6. The molecule has 8 nitrogen and oxygen atoms in total. The minimum Gasteiger partial charge on any atom is -0.459 e. The molecule has 0 saturated carbocycles. The Balaban J connectivity index is 1.76. The van der Waals surface area contributed by atoms with Gasteiger partial charge in [-0.15, -0.1) is 15.3 Å². The maximum absolute atomic E-state index is 9.35. The van der Waals surface area contributed by atoms with Gasteiger partial charge in [0.2, 0.25) is 5.89 Å². The molecule has 3 heterocycles. The van der Waals surface area contributed by atoms with E-state index in [1.54, 1.807) is 25.3 Å². The Bertz CT molecular complexity index is 655. The standard InChI is InChI=1S/C11H11N5O3/c1-7(17)8-5-16(15-12-8)6-10-13-14-11(19-10)9-3-2-4-18-9/h2-5,7,17H,6H2,1H3. The molecule has 3 aromatic heterocycles. The fourth-order valence-corrected chi connectivity index (χ4v) is 1.54. The molecule has 3 rings (SSSR count). The largest absolute Gasteiger partial charge is 0.459 e. The topological polar surface area (TPSA) is 103 Å². The summed E-state index contributed by atoms with van der Waals surface area (Å²) in [6, 6.07) is 3.48. The van der Waals surface area contributed by atoms with Gasteiger partial charge in [0.15, 0.2) is 5.76 Å². The molecule has 0 radical (unpaired) electrons. The van der Waals surface area contributed by atoms with E-state index in [2.05, 4.69) is 20.5 Å². The van der Waals surface area contributed by atoms with Crippen LogP contribution in [-0.2, 0) is 6.54 Å². The van der Waals surface area contributed by atoms with E-state index in [-0.39, 0.29) is 6.54 Å². The summed E-state index contributed by atoms with van der Waals surface area (Å²) in [6.07, 6.45) is 2.50. The van der Waals surface area contributed by atoms with Gasteiger partial charge in [0.05, 0.1) is 18.6 Å². The smallest absolute Gasteiger partial charge is 0.283 e. The van der Waals surface area contributed by atoms with Gasteiger partial charge in [-0.2, -0.15) is 0 Å². The lowest BCUT2D eigenvalue weighted by Crippen LogP contribution is -2.00. The van der Waals surface area contributed by atoms with Crippen molar-refractivity contribution < 1.29 is 13.9 Å². The predicted octanol–water partition coefficient (Wildman–Crippen LogP) is 1.02. The Morgan fingerprint density at radius 2 is 2.26 bits per heavy atom. The van der Waals surface area contributed by atoms with Crippen molar-refractivity contribution >= 4 is 0 Å². The molecule has 0 bridgehead atoms. The maximum atomic E-state index is 9.35. The van der Waals surface area contributed by atoms with Crippen LogP contribution in [0.5, 0.6) is 0 Å². The number of hydrogen-bond acceptors (Lipinski definition) is 7. The SMILES string of the molecule is CC(O)c1cn(Cc2nnc(-c3ccco3)o2)nn1. The molecule has 1 N–H and O–H groups in total. The third-order valence-electron chi connectivity index (χ3n) is 2.48. The summed E-state index contributed by atoms with van der Waals surface area (Å²) in [4.78, 5) is 0. The number of aliphatic hydroxyl groups excluding tert-OH is 1. The summed E-state index contributed by atoms with van der Waals surface area (Å²) < 4.78 is 12.1.